The van der Waals surface area contributed by atoms with Crippen LogP contribution in [-0.2, 0) is 4.74 Å². The molecular weight excluding hydrogens is 176 g/mol. The highest BCUT2D eigenvalue weighted by molar-refractivity contribution is 4.76. The summed E-state index contributed by atoms with van der Waals surface area (Å²) in [5.74, 6) is 1.29. The van der Waals surface area contributed by atoms with Crippen molar-refractivity contribution in [3.63, 3.8) is 0 Å². The first kappa shape index (κ1) is 13.9. The summed E-state index contributed by atoms with van der Waals surface area (Å²) in [4.78, 5) is 0. The fourth-order valence-corrected chi connectivity index (χ4v) is 1.38. The van der Waals surface area contributed by atoms with Crippen LogP contribution in [0.25, 0.3) is 0 Å². The van der Waals surface area contributed by atoms with Crippen molar-refractivity contribution in [2.24, 2.45) is 11.8 Å². The second-order valence-corrected chi connectivity index (χ2v) is 5.05. The predicted molar refractivity (Wildman–Crippen MR) is 60.4 cm³/mol. The molecule has 2 heteroatoms. The van der Waals surface area contributed by atoms with Gasteiger partial charge in [0, 0.05) is 0 Å². The Kier molecular flexibility index (Phi) is 6.38. The zero-order valence-corrected chi connectivity index (χ0v) is 10.3. The van der Waals surface area contributed by atoms with Gasteiger partial charge in [-0.3, -0.25) is 0 Å². The molecule has 0 amide bonds. The summed E-state index contributed by atoms with van der Waals surface area (Å²) < 4.78 is 5.62. The molecule has 14 heavy (non-hydrogen) atoms. The van der Waals surface area contributed by atoms with E-state index in [1.165, 1.54) is 12.8 Å². The SMILES string of the molecule is CC(C)CCC(C)C(C)(C)OCCO. The van der Waals surface area contributed by atoms with Crippen molar-refractivity contribution in [1.29, 1.82) is 0 Å². The van der Waals surface area contributed by atoms with E-state index in [-0.39, 0.29) is 12.2 Å². The molecule has 0 bridgehead atoms. The van der Waals surface area contributed by atoms with E-state index in [1.807, 2.05) is 0 Å². The maximum atomic E-state index is 8.70. The van der Waals surface area contributed by atoms with Gasteiger partial charge in [-0.2, -0.15) is 0 Å². The molecule has 0 spiro atoms. The number of hydrogen-bond donors (Lipinski definition) is 1. The van der Waals surface area contributed by atoms with Crippen molar-refractivity contribution in [3.05, 3.63) is 0 Å². The minimum Gasteiger partial charge on any atom is -0.394 e. The van der Waals surface area contributed by atoms with Gasteiger partial charge < -0.3 is 9.84 Å². The van der Waals surface area contributed by atoms with Gasteiger partial charge in [0.2, 0.25) is 0 Å². The monoisotopic (exact) mass is 202 g/mol. The molecule has 0 saturated carbocycles. The van der Waals surface area contributed by atoms with E-state index in [0.29, 0.717) is 12.5 Å². The zero-order valence-electron chi connectivity index (χ0n) is 10.3. The van der Waals surface area contributed by atoms with E-state index >= 15 is 0 Å². The molecule has 2 nitrogen and oxygen atoms in total. The van der Waals surface area contributed by atoms with Gasteiger partial charge in [0.25, 0.3) is 0 Å². The van der Waals surface area contributed by atoms with Crippen LogP contribution in [0.4, 0.5) is 0 Å². The average molecular weight is 202 g/mol. The average Bonchev–Trinajstić information content (AvgIpc) is 2.10. The Morgan fingerprint density at radius 1 is 1.14 bits per heavy atom. The maximum absolute atomic E-state index is 8.70. The van der Waals surface area contributed by atoms with Gasteiger partial charge >= 0.3 is 0 Å². The second kappa shape index (κ2) is 6.41. The largest absolute Gasteiger partial charge is 0.394 e. The van der Waals surface area contributed by atoms with Gasteiger partial charge in [0.05, 0.1) is 18.8 Å². The molecule has 0 radical (unpaired) electrons. The van der Waals surface area contributed by atoms with Crippen LogP contribution in [0.5, 0.6) is 0 Å². The Morgan fingerprint density at radius 3 is 2.14 bits per heavy atom. The molecular formula is C12H26O2. The lowest BCUT2D eigenvalue weighted by molar-refractivity contribution is -0.0694. The molecule has 0 saturated heterocycles. The number of aliphatic hydroxyl groups is 1. The van der Waals surface area contributed by atoms with Gasteiger partial charge in [-0.15, -0.1) is 0 Å². The van der Waals surface area contributed by atoms with Crippen LogP contribution in [-0.4, -0.2) is 23.9 Å². The third-order valence-electron chi connectivity index (χ3n) is 2.93. The molecule has 0 aromatic rings. The van der Waals surface area contributed by atoms with Crippen LogP contribution in [0, 0.1) is 11.8 Å². The summed E-state index contributed by atoms with van der Waals surface area (Å²) in [6, 6.07) is 0. The molecule has 86 valence electrons. The van der Waals surface area contributed by atoms with E-state index in [0.717, 1.165) is 5.92 Å². The number of ether oxygens (including phenoxy) is 1. The Morgan fingerprint density at radius 2 is 1.71 bits per heavy atom. The fourth-order valence-electron chi connectivity index (χ4n) is 1.38. The van der Waals surface area contributed by atoms with Crippen molar-refractivity contribution >= 4 is 0 Å². The molecule has 0 aromatic carbocycles. The van der Waals surface area contributed by atoms with E-state index in [2.05, 4.69) is 34.6 Å². The Labute approximate surface area is 88.7 Å². The van der Waals surface area contributed by atoms with Crippen LogP contribution in [0.2, 0.25) is 0 Å². The standard InChI is InChI=1S/C12H26O2/c1-10(2)6-7-11(3)12(4,5)14-9-8-13/h10-11,13H,6-9H2,1-5H3. The lowest BCUT2D eigenvalue weighted by atomic mass is 9.86. The highest BCUT2D eigenvalue weighted by atomic mass is 16.5. The van der Waals surface area contributed by atoms with Gasteiger partial charge in [-0.25, -0.2) is 0 Å². The Bertz CT molecular complexity index is 141. The maximum Gasteiger partial charge on any atom is 0.0705 e. The summed E-state index contributed by atoms with van der Waals surface area (Å²) >= 11 is 0. The van der Waals surface area contributed by atoms with Crippen molar-refractivity contribution in [2.45, 2.75) is 53.1 Å². The zero-order chi connectivity index (χ0) is 11.2. The smallest absolute Gasteiger partial charge is 0.0705 e. The fraction of sp³-hybridized carbons (Fsp3) is 1.00. The molecule has 1 unspecified atom stereocenters. The normalized spacial score (nSPS) is 14.8. The molecule has 0 aliphatic rings. The van der Waals surface area contributed by atoms with E-state index in [4.69, 9.17) is 9.84 Å². The number of hydrogen-bond acceptors (Lipinski definition) is 2. The van der Waals surface area contributed by atoms with Gasteiger partial charge in [0.15, 0.2) is 0 Å². The summed E-state index contributed by atoms with van der Waals surface area (Å²) in [5.41, 5.74) is -0.113. The molecule has 1 N–H and O–H groups in total. The minimum atomic E-state index is -0.113. The minimum absolute atomic E-state index is 0.111. The lowest BCUT2D eigenvalue weighted by Crippen LogP contribution is -2.34. The summed E-state index contributed by atoms with van der Waals surface area (Å²) in [5, 5.41) is 8.70. The van der Waals surface area contributed by atoms with Crippen LogP contribution in [0.15, 0.2) is 0 Å². The number of rotatable bonds is 7. The molecule has 0 fully saturated rings. The van der Waals surface area contributed by atoms with Crippen LogP contribution in [0.3, 0.4) is 0 Å². The van der Waals surface area contributed by atoms with Gasteiger partial charge in [-0.1, -0.05) is 27.2 Å². The summed E-state index contributed by atoms with van der Waals surface area (Å²) in [6.45, 7) is 11.5. The number of aliphatic hydroxyl groups excluding tert-OH is 1. The molecule has 1 atom stereocenters. The second-order valence-electron chi connectivity index (χ2n) is 5.05. The van der Waals surface area contributed by atoms with Crippen molar-refractivity contribution in [1.82, 2.24) is 0 Å². The van der Waals surface area contributed by atoms with E-state index < -0.39 is 0 Å². The third-order valence-corrected chi connectivity index (χ3v) is 2.93. The quantitative estimate of drug-likeness (QED) is 0.688. The Balaban J connectivity index is 3.87. The van der Waals surface area contributed by atoms with E-state index in [1.54, 1.807) is 0 Å². The van der Waals surface area contributed by atoms with Crippen molar-refractivity contribution < 1.29 is 9.84 Å². The molecule has 0 aliphatic carbocycles. The van der Waals surface area contributed by atoms with Crippen molar-refractivity contribution in [3.8, 4) is 0 Å². The lowest BCUT2D eigenvalue weighted by Gasteiger charge is -2.32. The highest BCUT2D eigenvalue weighted by Gasteiger charge is 2.26. The molecule has 0 rings (SSSR count). The van der Waals surface area contributed by atoms with E-state index in [9.17, 15) is 0 Å². The van der Waals surface area contributed by atoms with Crippen LogP contribution < -0.4 is 0 Å². The van der Waals surface area contributed by atoms with Crippen molar-refractivity contribution in [2.75, 3.05) is 13.2 Å². The first-order chi connectivity index (χ1) is 6.40. The molecule has 0 aromatic heterocycles. The topological polar surface area (TPSA) is 29.5 Å². The summed E-state index contributed by atoms with van der Waals surface area (Å²) in [6.07, 6.45) is 2.43. The third kappa shape index (κ3) is 5.61. The first-order valence-corrected chi connectivity index (χ1v) is 5.65. The van der Waals surface area contributed by atoms with Crippen LogP contribution in [0.1, 0.15) is 47.5 Å². The molecule has 0 aliphatic heterocycles. The highest BCUT2D eigenvalue weighted by Crippen LogP contribution is 2.26. The van der Waals surface area contributed by atoms with Gasteiger partial charge in [0.1, 0.15) is 0 Å². The van der Waals surface area contributed by atoms with Crippen LogP contribution >= 0.6 is 0 Å². The summed E-state index contributed by atoms with van der Waals surface area (Å²) in [7, 11) is 0. The predicted octanol–water partition coefficient (Wildman–Crippen LogP) is 2.85. The Hall–Kier alpha value is -0.0800. The van der Waals surface area contributed by atoms with Gasteiger partial charge in [-0.05, 0) is 32.1 Å². The molecule has 0 heterocycles. The first-order valence-electron chi connectivity index (χ1n) is 5.65.